The first kappa shape index (κ1) is 16.6. The van der Waals surface area contributed by atoms with Gasteiger partial charge in [-0.25, -0.2) is 0 Å². The molecule has 2 aromatic carbocycles. The van der Waals surface area contributed by atoms with Gasteiger partial charge in [0.15, 0.2) is 0 Å². The average molecular weight is 345 g/mol. The van der Waals surface area contributed by atoms with Crippen molar-refractivity contribution in [3.8, 4) is 11.3 Å². The van der Waals surface area contributed by atoms with Crippen molar-refractivity contribution in [1.82, 2.24) is 15.1 Å². The second-order valence-electron chi connectivity index (χ2n) is 6.90. The Labute approximate surface area is 153 Å². The Morgan fingerprint density at radius 3 is 2.38 bits per heavy atom. The van der Waals surface area contributed by atoms with Crippen LogP contribution in [0, 0.1) is 5.92 Å². The summed E-state index contributed by atoms with van der Waals surface area (Å²) in [6.07, 6.45) is 5.26. The molecule has 4 nitrogen and oxygen atoms in total. The van der Waals surface area contributed by atoms with Gasteiger partial charge in [-0.15, -0.1) is 0 Å². The molecule has 1 heterocycles. The summed E-state index contributed by atoms with van der Waals surface area (Å²) >= 11 is 0. The topological polar surface area (TPSA) is 46.9 Å². The van der Waals surface area contributed by atoms with E-state index in [1.54, 1.807) is 0 Å². The van der Waals surface area contributed by atoms with Gasteiger partial charge in [-0.2, -0.15) is 5.10 Å². The van der Waals surface area contributed by atoms with E-state index >= 15 is 0 Å². The highest BCUT2D eigenvalue weighted by molar-refractivity contribution is 5.79. The summed E-state index contributed by atoms with van der Waals surface area (Å²) in [6.45, 7) is 1.24. The summed E-state index contributed by atoms with van der Waals surface area (Å²) in [5, 5.41) is 7.89. The fraction of sp³-hybridized carbons (Fsp3) is 0.273. The third kappa shape index (κ3) is 3.69. The fourth-order valence-corrected chi connectivity index (χ4v) is 3.28. The molecular formula is C22H23N3O. The number of benzene rings is 2. The zero-order valence-electron chi connectivity index (χ0n) is 14.8. The Bertz CT molecular complexity index is 867. The van der Waals surface area contributed by atoms with E-state index in [2.05, 4.69) is 35.8 Å². The lowest BCUT2D eigenvalue weighted by Gasteiger charge is -2.23. The van der Waals surface area contributed by atoms with Gasteiger partial charge in [-0.1, -0.05) is 67.1 Å². The highest BCUT2D eigenvalue weighted by Gasteiger charge is 2.25. The zero-order valence-corrected chi connectivity index (χ0v) is 14.8. The molecule has 3 aromatic rings. The van der Waals surface area contributed by atoms with Gasteiger partial charge in [0.2, 0.25) is 5.91 Å². The van der Waals surface area contributed by atoms with Crippen LogP contribution >= 0.6 is 0 Å². The van der Waals surface area contributed by atoms with Crippen LogP contribution in [0.3, 0.4) is 0 Å². The number of aromatic nitrogens is 2. The quantitative estimate of drug-likeness (QED) is 0.733. The largest absolute Gasteiger partial charge is 0.352 e. The molecule has 1 aliphatic rings. The molecule has 0 bridgehead atoms. The summed E-state index contributed by atoms with van der Waals surface area (Å²) in [4.78, 5) is 12.2. The predicted molar refractivity (Wildman–Crippen MR) is 102 cm³/mol. The second kappa shape index (κ2) is 7.56. The summed E-state index contributed by atoms with van der Waals surface area (Å²) in [7, 11) is 0. The van der Waals surface area contributed by atoms with Gasteiger partial charge in [-0.05, 0) is 18.4 Å². The van der Waals surface area contributed by atoms with Crippen molar-refractivity contribution in [3.63, 3.8) is 0 Å². The molecule has 4 heteroatoms. The fourth-order valence-electron chi connectivity index (χ4n) is 3.28. The van der Waals surface area contributed by atoms with E-state index < -0.39 is 0 Å². The third-order valence-corrected chi connectivity index (χ3v) is 5.00. The van der Waals surface area contributed by atoms with E-state index in [0.29, 0.717) is 6.54 Å². The van der Waals surface area contributed by atoms with Crippen LogP contribution in [-0.2, 0) is 17.9 Å². The number of carbonyl (C=O) groups excluding carboxylic acids is 1. The summed E-state index contributed by atoms with van der Waals surface area (Å²) < 4.78 is 1.96. The number of hydrogen-bond donors (Lipinski definition) is 1. The lowest BCUT2D eigenvalue weighted by Crippen LogP contribution is -2.34. The van der Waals surface area contributed by atoms with Gasteiger partial charge in [0, 0.05) is 29.8 Å². The summed E-state index contributed by atoms with van der Waals surface area (Å²) in [6, 6.07) is 20.5. The molecule has 1 saturated carbocycles. The van der Waals surface area contributed by atoms with Crippen LogP contribution in [0.5, 0.6) is 0 Å². The molecule has 1 fully saturated rings. The van der Waals surface area contributed by atoms with Crippen molar-refractivity contribution in [1.29, 1.82) is 0 Å². The van der Waals surface area contributed by atoms with Crippen molar-refractivity contribution in [3.05, 3.63) is 78.0 Å². The average Bonchev–Trinajstić information content (AvgIpc) is 3.03. The summed E-state index contributed by atoms with van der Waals surface area (Å²) in [5.41, 5.74) is 4.28. The maximum Gasteiger partial charge on any atom is 0.223 e. The van der Waals surface area contributed by atoms with Crippen LogP contribution in [0.4, 0.5) is 0 Å². The second-order valence-corrected chi connectivity index (χ2v) is 6.90. The summed E-state index contributed by atoms with van der Waals surface area (Å²) in [5.74, 6) is 0.376. The Morgan fingerprint density at radius 2 is 1.73 bits per heavy atom. The van der Waals surface area contributed by atoms with Gasteiger partial charge in [0.05, 0.1) is 12.2 Å². The molecule has 0 atom stereocenters. The Balaban J connectivity index is 1.56. The van der Waals surface area contributed by atoms with Crippen molar-refractivity contribution >= 4 is 5.91 Å². The maximum absolute atomic E-state index is 12.2. The van der Waals surface area contributed by atoms with Crippen LogP contribution < -0.4 is 5.32 Å². The SMILES string of the molecule is O=C(NCc1cn(Cc2ccccc2)nc1-c1ccccc1)C1CCC1. The van der Waals surface area contributed by atoms with E-state index in [4.69, 9.17) is 5.10 Å². The van der Waals surface area contributed by atoms with E-state index in [-0.39, 0.29) is 11.8 Å². The minimum absolute atomic E-state index is 0.172. The standard InChI is InChI=1S/C22H23N3O/c26-22(19-12-7-13-19)23-14-20-16-25(15-17-8-3-1-4-9-17)24-21(20)18-10-5-2-6-11-18/h1-6,8-11,16,19H,7,12-15H2,(H,23,26). The molecule has 26 heavy (non-hydrogen) atoms. The van der Waals surface area contributed by atoms with Crippen molar-refractivity contribution in [2.24, 2.45) is 5.92 Å². The number of nitrogens with one attached hydrogen (secondary N) is 1. The highest BCUT2D eigenvalue weighted by Crippen LogP contribution is 2.27. The van der Waals surface area contributed by atoms with Crippen LogP contribution in [0.25, 0.3) is 11.3 Å². The molecular weight excluding hydrogens is 322 g/mol. The first-order valence-electron chi connectivity index (χ1n) is 9.23. The van der Waals surface area contributed by atoms with E-state index in [0.717, 1.165) is 36.2 Å². The molecule has 0 unspecified atom stereocenters. The number of carbonyl (C=O) groups is 1. The number of amides is 1. The highest BCUT2D eigenvalue weighted by atomic mass is 16.1. The normalized spacial score (nSPS) is 14.0. The van der Waals surface area contributed by atoms with Crippen LogP contribution in [0.1, 0.15) is 30.4 Å². The lowest BCUT2D eigenvalue weighted by atomic mass is 9.85. The van der Waals surface area contributed by atoms with Crippen LogP contribution in [0.2, 0.25) is 0 Å². The molecule has 132 valence electrons. The molecule has 1 N–H and O–H groups in total. The molecule has 0 spiro atoms. The van der Waals surface area contributed by atoms with E-state index in [1.165, 1.54) is 12.0 Å². The molecule has 1 aliphatic carbocycles. The molecule has 4 rings (SSSR count). The first-order valence-corrected chi connectivity index (χ1v) is 9.23. The monoisotopic (exact) mass is 345 g/mol. The van der Waals surface area contributed by atoms with Crippen LogP contribution in [0.15, 0.2) is 66.9 Å². The number of hydrogen-bond acceptors (Lipinski definition) is 2. The number of rotatable bonds is 6. The van der Waals surface area contributed by atoms with Gasteiger partial charge in [0.1, 0.15) is 0 Å². The number of nitrogens with zero attached hydrogens (tertiary/aromatic N) is 2. The molecule has 0 saturated heterocycles. The van der Waals surface area contributed by atoms with Gasteiger partial charge in [-0.3, -0.25) is 9.48 Å². The smallest absolute Gasteiger partial charge is 0.223 e. The van der Waals surface area contributed by atoms with Gasteiger partial charge >= 0.3 is 0 Å². The van der Waals surface area contributed by atoms with Crippen molar-refractivity contribution in [2.45, 2.75) is 32.4 Å². The minimum atomic E-state index is 0.172. The van der Waals surface area contributed by atoms with E-state index in [1.807, 2.05) is 41.1 Å². The first-order chi connectivity index (χ1) is 12.8. The molecule has 1 aromatic heterocycles. The Kier molecular flexibility index (Phi) is 4.82. The lowest BCUT2D eigenvalue weighted by molar-refractivity contribution is -0.127. The Hall–Kier alpha value is -2.88. The maximum atomic E-state index is 12.2. The molecule has 1 amide bonds. The Morgan fingerprint density at radius 1 is 1.04 bits per heavy atom. The van der Waals surface area contributed by atoms with Gasteiger partial charge < -0.3 is 5.32 Å². The van der Waals surface area contributed by atoms with Gasteiger partial charge in [0.25, 0.3) is 0 Å². The third-order valence-electron chi connectivity index (χ3n) is 5.00. The van der Waals surface area contributed by atoms with Crippen molar-refractivity contribution in [2.75, 3.05) is 0 Å². The molecule has 0 aliphatic heterocycles. The minimum Gasteiger partial charge on any atom is -0.352 e. The van der Waals surface area contributed by atoms with E-state index in [9.17, 15) is 4.79 Å². The van der Waals surface area contributed by atoms with Crippen molar-refractivity contribution < 1.29 is 4.79 Å². The molecule has 0 radical (unpaired) electrons. The zero-order chi connectivity index (χ0) is 17.8. The predicted octanol–water partition coefficient (Wildman–Crippen LogP) is 4.01. The van der Waals surface area contributed by atoms with Crippen LogP contribution in [-0.4, -0.2) is 15.7 Å².